The van der Waals surface area contributed by atoms with Gasteiger partial charge in [0.2, 0.25) is 0 Å². The van der Waals surface area contributed by atoms with Crippen LogP contribution in [0, 0.1) is 5.41 Å². The summed E-state index contributed by atoms with van der Waals surface area (Å²) in [6.07, 6.45) is 31.9. The molecule has 0 saturated heterocycles. The van der Waals surface area contributed by atoms with E-state index in [1.807, 2.05) is 0 Å². The van der Waals surface area contributed by atoms with Crippen molar-refractivity contribution in [3.63, 3.8) is 0 Å². The molecule has 0 aromatic heterocycles. The van der Waals surface area contributed by atoms with Gasteiger partial charge in [0, 0.05) is 6.42 Å². The molecule has 0 amide bonds. The van der Waals surface area contributed by atoms with Crippen molar-refractivity contribution < 1.29 is 9.90 Å². The predicted molar refractivity (Wildman–Crippen MR) is 138 cm³/mol. The molecule has 2 heteroatoms. The van der Waals surface area contributed by atoms with E-state index in [2.05, 4.69) is 20.8 Å². The second-order valence-electron chi connectivity index (χ2n) is 11.2. The monoisotopic (exact) mass is 438 g/mol. The Morgan fingerprint density at radius 1 is 0.452 bits per heavy atom. The van der Waals surface area contributed by atoms with Crippen molar-refractivity contribution in [2.24, 2.45) is 5.41 Å². The van der Waals surface area contributed by atoms with Gasteiger partial charge in [0.1, 0.15) is 0 Å². The van der Waals surface area contributed by atoms with Crippen LogP contribution < -0.4 is 0 Å². The average molecular weight is 439 g/mol. The number of rotatable bonds is 24. The van der Waals surface area contributed by atoms with Crippen molar-refractivity contribution >= 4 is 5.97 Å². The Morgan fingerprint density at radius 2 is 0.677 bits per heavy atom. The number of carboxylic acid groups (broad SMARTS) is 1. The second kappa shape index (κ2) is 22.7. The molecule has 0 bridgehead atoms. The lowest BCUT2D eigenvalue weighted by molar-refractivity contribution is -0.137. The number of hydrogen-bond acceptors (Lipinski definition) is 1. The van der Waals surface area contributed by atoms with Gasteiger partial charge in [0.25, 0.3) is 0 Å². The van der Waals surface area contributed by atoms with Crippen LogP contribution in [0.3, 0.4) is 0 Å². The van der Waals surface area contributed by atoms with Crippen molar-refractivity contribution in [1.29, 1.82) is 0 Å². The first-order chi connectivity index (χ1) is 14.9. The van der Waals surface area contributed by atoms with E-state index in [9.17, 15) is 4.79 Å². The molecule has 0 aromatic rings. The van der Waals surface area contributed by atoms with Crippen LogP contribution in [0.4, 0.5) is 0 Å². The lowest BCUT2D eigenvalue weighted by atomic mass is 9.89. The zero-order valence-electron chi connectivity index (χ0n) is 21.8. The van der Waals surface area contributed by atoms with Gasteiger partial charge in [-0.1, -0.05) is 156 Å². The van der Waals surface area contributed by atoms with E-state index >= 15 is 0 Å². The molecular weight excluding hydrogens is 380 g/mol. The second-order valence-corrected chi connectivity index (χ2v) is 11.2. The van der Waals surface area contributed by atoms with Crippen molar-refractivity contribution in [1.82, 2.24) is 0 Å². The van der Waals surface area contributed by atoms with Crippen LogP contribution >= 0.6 is 0 Å². The largest absolute Gasteiger partial charge is 0.481 e. The number of aliphatic carboxylic acids is 1. The van der Waals surface area contributed by atoms with Crippen LogP contribution in [0.15, 0.2) is 0 Å². The molecule has 2 nitrogen and oxygen atoms in total. The third-order valence-electron chi connectivity index (χ3n) is 6.57. The minimum Gasteiger partial charge on any atom is -0.481 e. The van der Waals surface area contributed by atoms with Gasteiger partial charge in [-0.2, -0.15) is 0 Å². The normalized spacial score (nSPS) is 11.8. The number of hydrogen-bond donors (Lipinski definition) is 1. The van der Waals surface area contributed by atoms with Crippen molar-refractivity contribution in [3.8, 4) is 0 Å². The molecule has 0 aliphatic rings. The van der Waals surface area contributed by atoms with Gasteiger partial charge in [0.15, 0.2) is 0 Å². The fourth-order valence-corrected chi connectivity index (χ4v) is 4.47. The predicted octanol–water partition coefficient (Wildman–Crippen LogP) is 10.5. The summed E-state index contributed by atoms with van der Waals surface area (Å²) in [5.74, 6) is -0.650. The van der Waals surface area contributed by atoms with Crippen molar-refractivity contribution in [2.75, 3.05) is 0 Å². The molecule has 0 heterocycles. The molecule has 1 N–H and O–H groups in total. The van der Waals surface area contributed by atoms with Gasteiger partial charge in [0.05, 0.1) is 0 Å². The lowest BCUT2D eigenvalue weighted by Gasteiger charge is -2.17. The molecule has 0 spiro atoms. The Labute approximate surface area is 196 Å². The van der Waals surface area contributed by atoms with Gasteiger partial charge in [-0.25, -0.2) is 0 Å². The Kier molecular flexibility index (Phi) is 22.3. The first-order valence-electron chi connectivity index (χ1n) is 14.1. The van der Waals surface area contributed by atoms with E-state index in [0.717, 1.165) is 12.8 Å². The zero-order chi connectivity index (χ0) is 23.0. The zero-order valence-corrected chi connectivity index (χ0v) is 21.8. The van der Waals surface area contributed by atoms with E-state index in [1.165, 1.54) is 135 Å². The minimum atomic E-state index is -0.650. The molecule has 0 unspecified atom stereocenters. The average Bonchev–Trinajstić information content (AvgIpc) is 2.70. The van der Waals surface area contributed by atoms with Crippen LogP contribution in [0.1, 0.15) is 175 Å². The summed E-state index contributed by atoms with van der Waals surface area (Å²) in [5, 5.41) is 8.60. The topological polar surface area (TPSA) is 37.3 Å². The standard InChI is InChI=1S/C29H58O2/c1-29(2,3)27-25-23-21-19-17-15-13-11-9-7-5-4-6-8-10-12-14-16-18-20-22-24-26-28(30)31/h4-27H2,1-3H3,(H,30,31). The van der Waals surface area contributed by atoms with E-state index in [4.69, 9.17) is 5.11 Å². The smallest absolute Gasteiger partial charge is 0.303 e. The molecular formula is C29H58O2. The SMILES string of the molecule is CC(C)(C)CCCCCCCCCCCCCCCCCCCCCCCCC(=O)O. The molecule has 0 radical (unpaired) electrons. The molecule has 0 fully saturated rings. The number of carboxylic acids is 1. The quantitative estimate of drug-likeness (QED) is 0.152. The fraction of sp³-hybridized carbons (Fsp3) is 0.966. The Balaban J connectivity index is 3.04. The van der Waals surface area contributed by atoms with Crippen LogP contribution in [0.5, 0.6) is 0 Å². The molecule has 0 atom stereocenters. The van der Waals surface area contributed by atoms with Gasteiger partial charge < -0.3 is 5.11 Å². The van der Waals surface area contributed by atoms with Crippen LogP contribution in [0.25, 0.3) is 0 Å². The maximum absolute atomic E-state index is 10.4. The highest BCUT2D eigenvalue weighted by Crippen LogP contribution is 2.22. The van der Waals surface area contributed by atoms with Gasteiger partial charge in [-0.05, 0) is 18.3 Å². The highest BCUT2D eigenvalue weighted by molar-refractivity contribution is 5.66. The van der Waals surface area contributed by atoms with Crippen LogP contribution in [-0.4, -0.2) is 11.1 Å². The van der Waals surface area contributed by atoms with Gasteiger partial charge in [-0.15, -0.1) is 0 Å². The minimum absolute atomic E-state index is 0.345. The van der Waals surface area contributed by atoms with Crippen molar-refractivity contribution in [3.05, 3.63) is 0 Å². The third kappa shape index (κ3) is 29.5. The third-order valence-corrected chi connectivity index (χ3v) is 6.57. The summed E-state index contributed by atoms with van der Waals surface area (Å²) in [7, 11) is 0. The number of carbonyl (C=O) groups is 1. The van der Waals surface area contributed by atoms with Crippen molar-refractivity contribution in [2.45, 2.75) is 175 Å². The summed E-state index contributed by atoms with van der Waals surface area (Å²) in [6, 6.07) is 0. The van der Waals surface area contributed by atoms with E-state index in [0.29, 0.717) is 11.8 Å². The van der Waals surface area contributed by atoms with E-state index < -0.39 is 5.97 Å². The van der Waals surface area contributed by atoms with E-state index in [1.54, 1.807) is 0 Å². The molecule has 0 aromatic carbocycles. The summed E-state index contributed by atoms with van der Waals surface area (Å²) in [4.78, 5) is 10.4. The lowest BCUT2D eigenvalue weighted by Crippen LogP contribution is -2.03. The van der Waals surface area contributed by atoms with Gasteiger partial charge >= 0.3 is 5.97 Å². The molecule has 0 aliphatic heterocycles. The molecule has 186 valence electrons. The molecule has 31 heavy (non-hydrogen) atoms. The molecule has 0 aliphatic carbocycles. The fourth-order valence-electron chi connectivity index (χ4n) is 4.47. The van der Waals surface area contributed by atoms with E-state index in [-0.39, 0.29) is 0 Å². The molecule has 0 saturated carbocycles. The Bertz CT molecular complexity index is 369. The maximum atomic E-state index is 10.4. The highest BCUT2D eigenvalue weighted by Gasteiger charge is 2.08. The maximum Gasteiger partial charge on any atom is 0.303 e. The summed E-state index contributed by atoms with van der Waals surface area (Å²) < 4.78 is 0. The summed E-state index contributed by atoms with van der Waals surface area (Å²) in [6.45, 7) is 7.07. The highest BCUT2D eigenvalue weighted by atomic mass is 16.4. The first kappa shape index (κ1) is 30.5. The summed E-state index contributed by atoms with van der Waals surface area (Å²) >= 11 is 0. The summed E-state index contributed by atoms with van der Waals surface area (Å²) in [5.41, 5.74) is 0.521. The molecule has 0 rings (SSSR count). The van der Waals surface area contributed by atoms with Crippen LogP contribution in [0.2, 0.25) is 0 Å². The Morgan fingerprint density at radius 3 is 0.903 bits per heavy atom. The first-order valence-corrected chi connectivity index (χ1v) is 14.1. The number of unbranched alkanes of at least 4 members (excludes halogenated alkanes) is 21. The van der Waals surface area contributed by atoms with Gasteiger partial charge in [-0.3, -0.25) is 4.79 Å². The Hall–Kier alpha value is -0.530. The van der Waals surface area contributed by atoms with Crippen LogP contribution in [-0.2, 0) is 4.79 Å².